The van der Waals surface area contributed by atoms with Gasteiger partial charge in [-0.15, -0.1) is 11.3 Å². The SMILES string of the molecule is CC(C)NC(=O)CNC(=O)c1csc(CN)n1. The Labute approximate surface area is 104 Å². The second-order valence-corrected chi connectivity index (χ2v) is 4.68. The predicted molar refractivity (Wildman–Crippen MR) is 65.6 cm³/mol. The molecule has 1 heterocycles. The Morgan fingerprint density at radius 2 is 2.24 bits per heavy atom. The Hall–Kier alpha value is -1.47. The smallest absolute Gasteiger partial charge is 0.271 e. The van der Waals surface area contributed by atoms with Gasteiger partial charge in [0.1, 0.15) is 10.7 Å². The number of nitrogens with two attached hydrogens (primary N) is 1. The number of nitrogens with zero attached hydrogens (tertiary/aromatic N) is 1. The highest BCUT2D eigenvalue weighted by Gasteiger charge is 2.11. The lowest BCUT2D eigenvalue weighted by molar-refractivity contribution is -0.120. The number of amides is 2. The number of thiazole rings is 1. The van der Waals surface area contributed by atoms with Gasteiger partial charge < -0.3 is 16.4 Å². The second kappa shape index (κ2) is 6.31. The van der Waals surface area contributed by atoms with Crippen molar-refractivity contribution in [2.45, 2.75) is 26.4 Å². The van der Waals surface area contributed by atoms with Gasteiger partial charge in [-0.2, -0.15) is 0 Å². The van der Waals surface area contributed by atoms with Crippen molar-refractivity contribution >= 4 is 23.2 Å². The van der Waals surface area contributed by atoms with Crippen molar-refractivity contribution < 1.29 is 9.59 Å². The molecule has 0 spiro atoms. The summed E-state index contributed by atoms with van der Waals surface area (Å²) < 4.78 is 0. The van der Waals surface area contributed by atoms with Crippen LogP contribution in [0.2, 0.25) is 0 Å². The van der Waals surface area contributed by atoms with Crippen molar-refractivity contribution in [2.75, 3.05) is 6.54 Å². The number of rotatable bonds is 5. The van der Waals surface area contributed by atoms with E-state index in [0.29, 0.717) is 17.2 Å². The van der Waals surface area contributed by atoms with Crippen LogP contribution in [0.3, 0.4) is 0 Å². The normalized spacial score (nSPS) is 10.4. The molecule has 1 aromatic rings. The first-order valence-corrected chi connectivity index (χ1v) is 6.13. The number of aromatic nitrogens is 1. The van der Waals surface area contributed by atoms with Crippen molar-refractivity contribution in [1.29, 1.82) is 0 Å². The van der Waals surface area contributed by atoms with E-state index in [1.165, 1.54) is 11.3 Å². The minimum atomic E-state index is -0.361. The second-order valence-electron chi connectivity index (χ2n) is 3.74. The highest BCUT2D eigenvalue weighted by Crippen LogP contribution is 2.08. The molecule has 0 fully saturated rings. The van der Waals surface area contributed by atoms with Crippen LogP contribution in [0.4, 0.5) is 0 Å². The first-order valence-electron chi connectivity index (χ1n) is 5.25. The van der Waals surface area contributed by atoms with Gasteiger partial charge in [0.2, 0.25) is 5.91 Å². The van der Waals surface area contributed by atoms with E-state index in [1.807, 2.05) is 13.8 Å². The standard InChI is InChI=1S/C10H16N4O2S/c1-6(2)13-8(15)4-12-10(16)7-5-17-9(3-11)14-7/h5-6H,3-4,11H2,1-2H3,(H,12,16)(H,13,15). The molecule has 0 aliphatic rings. The Bertz CT molecular complexity index is 403. The molecule has 0 aromatic carbocycles. The summed E-state index contributed by atoms with van der Waals surface area (Å²) in [6.07, 6.45) is 0. The molecule has 0 aliphatic carbocycles. The van der Waals surface area contributed by atoms with E-state index in [1.54, 1.807) is 5.38 Å². The maximum atomic E-state index is 11.6. The number of carbonyl (C=O) groups is 2. The monoisotopic (exact) mass is 256 g/mol. The fraction of sp³-hybridized carbons (Fsp3) is 0.500. The Balaban J connectivity index is 2.42. The van der Waals surface area contributed by atoms with Gasteiger partial charge in [0.15, 0.2) is 0 Å². The van der Waals surface area contributed by atoms with E-state index in [2.05, 4.69) is 15.6 Å². The van der Waals surface area contributed by atoms with Gasteiger partial charge >= 0.3 is 0 Å². The number of nitrogens with one attached hydrogen (secondary N) is 2. The molecule has 0 saturated carbocycles. The first kappa shape index (κ1) is 13.6. The van der Waals surface area contributed by atoms with E-state index in [9.17, 15) is 9.59 Å². The fourth-order valence-corrected chi connectivity index (χ4v) is 1.79. The van der Waals surface area contributed by atoms with Crippen LogP contribution in [0.15, 0.2) is 5.38 Å². The van der Waals surface area contributed by atoms with Crippen LogP contribution in [-0.2, 0) is 11.3 Å². The molecular weight excluding hydrogens is 240 g/mol. The van der Waals surface area contributed by atoms with E-state index in [-0.39, 0.29) is 24.4 Å². The highest BCUT2D eigenvalue weighted by atomic mass is 32.1. The molecule has 0 atom stereocenters. The van der Waals surface area contributed by atoms with Crippen LogP contribution < -0.4 is 16.4 Å². The summed E-state index contributed by atoms with van der Waals surface area (Å²) in [4.78, 5) is 26.9. The summed E-state index contributed by atoms with van der Waals surface area (Å²) in [7, 11) is 0. The van der Waals surface area contributed by atoms with Crippen molar-refractivity contribution in [1.82, 2.24) is 15.6 Å². The summed E-state index contributed by atoms with van der Waals surface area (Å²) in [6.45, 7) is 3.97. The molecule has 7 heteroatoms. The van der Waals surface area contributed by atoms with Crippen LogP contribution in [-0.4, -0.2) is 29.4 Å². The molecule has 2 amide bonds. The van der Waals surface area contributed by atoms with Gasteiger partial charge in [0.25, 0.3) is 5.91 Å². The maximum absolute atomic E-state index is 11.6. The lowest BCUT2D eigenvalue weighted by atomic mass is 10.4. The topological polar surface area (TPSA) is 97.1 Å². The minimum absolute atomic E-state index is 0.0491. The largest absolute Gasteiger partial charge is 0.352 e. The zero-order chi connectivity index (χ0) is 12.8. The quantitative estimate of drug-likeness (QED) is 0.683. The molecule has 1 rings (SSSR count). The lowest BCUT2D eigenvalue weighted by Crippen LogP contribution is -2.39. The molecule has 0 aliphatic heterocycles. The third kappa shape index (κ3) is 4.49. The Morgan fingerprint density at radius 1 is 1.53 bits per heavy atom. The van der Waals surface area contributed by atoms with Crippen molar-refractivity contribution in [3.05, 3.63) is 16.1 Å². The van der Waals surface area contributed by atoms with E-state index < -0.39 is 0 Å². The van der Waals surface area contributed by atoms with Gasteiger partial charge in [-0.1, -0.05) is 0 Å². The number of carbonyl (C=O) groups excluding carboxylic acids is 2. The van der Waals surface area contributed by atoms with E-state index in [0.717, 1.165) is 0 Å². The minimum Gasteiger partial charge on any atom is -0.352 e. The summed E-state index contributed by atoms with van der Waals surface area (Å²) in [5.74, 6) is -0.581. The van der Waals surface area contributed by atoms with Gasteiger partial charge in [0.05, 0.1) is 6.54 Å². The van der Waals surface area contributed by atoms with Crippen LogP contribution >= 0.6 is 11.3 Å². The van der Waals surface area contributed by atoms with Crippen molar-refractivity contribution in [3.63, 3.8) is 0 Å². The molecule has 6 nitrogen and oxygen atoms in total. The van der Waals surface area contributed by atoms with Gasteiger partial charge in [0, 0.05) is 18.0 Å². The summed E-state index contributed by atoms with van der Waals surface area (Å²) in [5, 5.41) is 7.49. The number of hydrogen-bond acceptors (Lipinski definition) is 5. The molecule has 1 aromatic heterocycles. The molecule has 0 bridgehead atoms. The van der Waals surface area contributed by atoms with Gasteiger partial charge in [-0.25, -0.2) is 4.98 Å². The molecule has 0 saturated heterocycles. The first-order chi connectivity index (χ1) is 8.02. The van der Waals surface area contributed by atoms with Crippen LogP contribution in [0.25, 0.3) is 0 Å². The van der Waals surface area contributed by atoms with Crippen molar-refractivity contribution in [3.8, 4) is 0 Å². The molecule has 4 N–H and O–H groups in total. The molecule has 0 radical (unpaired) electrons. The summed E-state index contributed by atoms with van der Waals surface area (Å²) in [5.41, 5.74) is 5.69. The third-order valence-electron chi connectivity index (χ3n) is 1.82. The van der Waals surface area contributed by atoms with E-state index >= 15 is 0 Å². The third-order valence-corrected chi connectivity index (χ3v) is 2.69. The van der Waals surface area contributed by atoms with Crippen LogP contribution in [0.5, 0.6) is 0 Å². The predicted octanol–water partition coefficient (Wildman–Crippen LogP) is -0.144. The van der Waals surface area contributed by atoms with Gasteiger partial charge in [-0.3, -0.25) is 9.59 Å². The fourth-order valence-electron chi connectivity index (χ4n) is 1.13. The maximum Gasteiger partial charge on any atom is 0.271 e. The molecular formula is C10H16N4O2S. The number of hydrogen-bond donors (Lipinski definition) is 3. The van der Waals surface area contributed by atoms with Crippen molar-refractivity contribution in [2.24, 2.45) is 5.73 Å². The average Bonchev–Trinajstić information content (AvgIpc) is 2.73. The zero-order valence-corrected chi connectivity index (χ0v) is 10.6. The van der Waals surface area contributed by atoms with Crippen LogP contribution in [0, 0.1) is 0 Å². The average molecular weight is 256 g/mol. The Morgan fingerprint density at radius 3 is 2.76 bits per heavy atom. The Kier molecular flexibility index (Phi) is 5.05. The van der Waals surface area contributed by atoms with Gasteiger partial charge in [-0.05, 0) is 13.8 Å². The zero-order valence-electron chi connectivity index (χ0n) is 9.82. The molecule has 94 valence electrons. The van der Waals surface area contributed by atoms with Crippen LogP contribution in [0.1, 0.15) is 29.3 Å². The van der Waals surface area contributed by atoms with E-state index in [4.69, 9.17) is 5.73 Å². The molecule has 17 heavy (non-hydrogen) atoms. The molecule has 0 unspecified atom stereocenters. The highest BCUT2D eigenvalue weighted by molar-refractivity contribution is 7.09. The summed E-state index contributed by atoms with van der Waals surface area (Å²) in [6, 6.07) is 0.0579. The summed E-state index contributed by atoms with van der Waals surface area (Å²) >= 11 is 1.33. The lowest BCUT2D eigenvalue weighted by Gasteiger charge is -2.08.